The second kappa shape index (κ2) is 10.2. The maximum Gasteiger partial charge on any atom is 0.164 e. The van der Waals surface area contributed by atoms with Crippen molar-refractivity contribution in [1.82, 2.24) is 15.0 Å². The second-order valence-corrected chi connectivity index (χ2v) is 13.5. The van der Waals surface area contributed by atoms with E-state index in [4.69, 9.17) is 23.8 Å². The van der Waals surface area contributed by atoms with Crippen LogP contribution in [0.5, 0.6) is 0 Å². The summed E-state index contributed by atoms with van der Waals surface area (Å²) in [5.74, 6) is 1.91. The summed E-state index contributed by atoms with van der Waals surface area (Å²) in [6.07, 6.45) is 0. The van der Waals surface area contributed by atoms with Crippen LogP contribution in [0.3, 0.4) is 0 Å². The Hall–Kier alpha value is -7.11. The highest BCUT2D eigenvalue weighted by Crippen LogP contribution is 2.53. The van der Waals surface area contributed by atoms with Gasteiger partial charge in [-0.1, -0.05) is 115 Å². The summed E-state index contributed by atoms with van der Waals surface area (Å²) < 4.78 is 13.1. The number of benzene rings is 8. The van der Waals surface area contributed by atoms with Gasteiger partial charge >= 0.3 is 0 Å². The molecule has 0 fully saturated rings. The monoisotopic (exact) mass is 663 g/mol. The summed E-state index contributed by atoms with van der Waals surface area (Å²) in [6, 6.07) is 52.5. The molecule has 0 N–H and O–H groups in total. The number of aromatic nitrogens is 3. The van der Waals surface area contributed by atoms with Crippen LogP contribution in [0, 0.1) is 0 Å². The summed E-state index contributed by atoms with van der Waals surface area (Å²) in [5.41, 5.74) is 10.9. The molecule has 1 aliphatic carbocycles. The Kier molecular flexibility index (Phi) is 5.44. The molecule has 0 spiro atoms. The number of hydrogen-bond donors (Lipinski definition) is 0. The largest absolute Gasteiger partial charge is 0.456 e. The Morgan fingerprint density at radius 2 is 0.827 bits per heavy atom. The van der Waals surface area contributed by atoms with Crippen molar-refractivity contribution in [2.75, 3.05) is 0 Å². The number of nitrogens with zero attached hydrogens (tertiary/aromatic N) is 3. The minimum absolute atomic E-state index is 0.633. The van der Waals surface area contributed by atoms with E-state index in [1.54, 1.807) is 0 Å². The number of fused-ring (bicyclic) bond motifs is 2. The molecule has 0 saturated carbocycles. The average molecular weight is 664 g/mol. The molecule has 0 radical (unpaired) electrons. The minimum atomic E-state index is 0.633. The van der Waals surface area contributed by atoms with E-state index in [-0.39, 0.29) is 0 Å². The lowest BCUT2D eigenvalue weighted by Crippen LogP contribution is -2.00. The molecule has 12 rings (SSSR count). The van der Waals surface area contributed by atoms with E-state index in [1.165, 1.54) is 10.8 Å². The highest BCUT2D eigenvalue weighted by molar-refractivity contribution is 6.38. The Morgan fingerprint density at radius 1 is 0.308 bits per heavy atom. The van der Waals surface area contributed by atoms with Gasteiger partial charge in [-0.15, -0.1) is 0 Å². The second-order valence-electron chi connectivity index (χ2n) is 13.5. The minimum Gasteiger partial charge on any atom is -0.456 e. The van der Waals surface area contributed by atoms with Gasteiger partial charge in [-0.25, -0.2) is 15.0 Å². The zero-order chi connectivity index (χ0) is 33.9. The predicted octanol–water partition coefficient (Wildman–Crippen LogP) is 12.6. The number of hydrogen-bond acceptors (Lipinski definition) is 5. The molecule has 1 aliphatic rings. The number of furan rings is 2. The summed E-state index contributed by atoms with van der Waals surface area (Å²) in [4.78, 5) is 15.1. The maximum atomic E-state index is 6.59. The molecule has 5 nitrogen and oxygen atoms in total. The van der Waals surface area contributed by atoms with Gasteiger partial charge in [0.25, 0.3) is 0 Å². The van der Waals surface area contributed by atoms with E-state index in [9.17, 15) is 0 Å². The molecule has 0 aliphatic heterocycles. The molecule has 0 atom stereocenters. The molecule has 5 heteroatoms. The Morgan fingerprint density at radius 3 is 1.52 bits per heavy atom. The Balaban J connectivity index is 1.15. The summed E-state index contributed by atoms with van der Waals surface area (Å²) in [5, 5.41) is 9.12. The lowest BCUT2D eigenvalue weighted by Gasteiger charge is -2.16. The van der Waals surface area contributed by atoms with Gasteiger partial charge in [-0.3, -0.25) is 0 Å². The topological polar surface area (TPSA) is 65.0 Å². The molecule has 3 aromatic heterocycles. The van der Waals surface area contributed by atoms with Crippen molar-refractivity contribution in [1.29, 1.82) is 0 Å². The summed E-state index contributed by atoms with van der Waals surface area (Å²) >= 11 is 0. The van der Waals surface area contributed by atoms with Crippen LogP contribution in [-0.4, -0.2) is 15.0 Å². The van der Waals surface area contributed by atoms with Gasteiger partial charge in [-0.05, 0) is 69.2 Å². The van der Waals surface area contributed by atoms with Crippen LogP contribution in [0.2, 0.25) is 0 Å². The van der Waals surface area contributed by atoms with Crippen molar-refractivity contribution in [3.05, 3.63) is 152 Å². The van der Waals surface area contributed by atoms with Crippen LogP contribution in [-0.2, 0) is 0 Å². The first-order chi connectivity index (χ1) is 25.8. The molecule has 0 saturated heterocycles. The zero-order valence-electron chi connectivity index (χ0n) is 27.6. The first-order valence-electron chi connectivity index (χ1n) is 17.4. The predicted molar refractivity (Wildman–Crippen MR) is 210 cm³/mol. The van der Waals surface area contributed by atoms with Crippen LogP contribution < -0.4 is 0 Å². The molecular formula is C47H25N3O2. The van der Waals surface area contributed by atoms with Crippen molar-refractivity contribution in [2.45, 2.75) is 0 Å². The normalized spacial score (nSPS) is 12.2. The van der Waals surface area contributed by atoms with Gasteiger partial charge in [0.15, 0.2) is 17.5 Å². The van der Waals surface area contributed by atoms with E-state index in [1.807, 2.05) is 60.7 Å². The molecule has 0 amide bonds. The van der Waals surface area contributed by atoms with Crippen LogP contribution in [0.25, 0.3) is 122 Å². The maximum absolute atomic E-state index is 6.59. The smallest absolute Gasteiger partial charge is 0.164 e. The summed E-state index contributed by atoms with van der Waals surface area (Å²) in [7, 11) is 0. The fourth-order valence-electron chi connectivity index (χ4n) is 8.44. The van der Waals surface area contributed by atoms with Crippen molar-refractivity contribution < 1.29 is 8.83 Å². The highest BCUT2D eigenvalue weighted by atomic mass is 16.3. The lowest BCUT2D eigenvalue weighted by molar-refractivity contribution is 0.669. The molecule has 52 heavy (non-hydrogen) atoms. The van der Waals surface area contributed by atoms with E-state index >= 15 is 0 Å². The molecule has 11 aromatic rings. The average Bonchev–Trinajstić information content (AvgIpc) is 3.75. The standard InChI is InChI=1S/C47H25N3O2/c1-3-10-27(11-4-1)45-48-46(28-12-5-2-6-13-28)50-47(49-45)33-21-20-31(29-14-7-8-15-30(29)33)32-22-25-38-44-40(32)34-16-9-17-35-41(34)42-36(51-35)23-18-26-19-24-37(52-38)43(44)39(26)42/h1-25H. The Bertz CT molecular complexity index is 3220. The van der Waals surface area contributed by atoms with Crippen molar-refractivity contribution in [3.63, 3.8) is 0 Å². The third-order valence-electron chi connectivity index (χ3n) is 10.7. The molecule has 0 unspecified atom stereocenters. The Labute approximate surface area is 296 Å². The van der Waals surface area contributed by atoms with Gasteiger partial charge in [0.05, 0.1) is 0 Å². The third kappa shape index (κ3) is 3.74. The van der Waals surface area contributed by atoms with E-state index in [0.29, 0.717) is 17.5 Å². The number of rotatable bonds is 4. The first-order valence-corrected chi connectivity index (χ1v) is 17.4. The lowest BCUT2D eigenvalue weighted by atomic mass is 9.87. The van der Waals surface area contributed by atoms with Crippen molar-refractivity contribution >= 4 is 65.4 Å². The van der Waals surface area contributed by atoms with Crippen molar-refractivity contribution in [2.24, 2.45) is 0 Å². The first kappa shape index (κ1) is 27.7. The van der Waals surface area contributed by atoms with Crippen LogP contribution in [0.15, 0.2) is 160 Å². The highest BCUT2D eigenvalue weighted by Gasteiger charge is 2.28. The third-order valence-corrected chi connectivity index (χ3v) is 10.7. The SMILES string of the molecule is c1ccc(-c2nc(-c3ccccc3)nc(-c3ccc(-c4ccc5oc6ccc7ccc8oc9cccc%10c9c8c7c6c5c4-%10)c4ccccc34)n2)cc1. The quantitative estimate of drug-likeness (QED) is 0.187. The molecule has 0 bridgehead atoms. The van der Waals surface area contributed by atoms with E-state index in [0.717, 1.165) is 93.6 Å². The zero-order valence-corrected chi connectivity index (χ0v) is 27.6. The fraction of sp³-hybridized carbons (Fsp3) is 0. The molecule has 240 valence electrons. The molecule has 3 heterocycles. The van der Waals surface area contributed by atoms with E-state index < -0.39 is 0 Å². The van der Waals surface area contributed by atoms with Crippen LogP contribution in [0.1, 0.15) is 0 Å². The van der Waals surface area contributed by atoms with Gasteiger partial charge in [0.2, 0.25) is 0 Å². The van der Waals surface area contributed by atoms with Crippen LogP contribution >= 0.6 is 0 Å². The van der Waals surface area contributed by atoms with Gasteiger partial charge < -0.3 is 8.83 Å². The van der Waals surface area contributed by atoms with Crippen molar-refractivity contribution in [3.8, 4) is 56.4 Å². The fourth-order valence-corrected chi connectivity index (χ4v) is 8.44. The summed E-state index contributed by atoms with van der Waals surface area (Å²) in [6.45, 7) is 0. The van der Waals surface area contributed by atoms with Crippen LogP contribution in [0.4, 0.5) is 0 Å². The molecule has 8 aromatic carbocycles. The van der Waals surface area contributed by atoms with Gasteiger partial charge in [0.1, 0.15) is 22.3 Å². The van der Waals surface area contributed by atoms with Gasteiger partial charge in [0, 0.05) is 49.2 Å². The van der Waals surface area contributed by atoms with Gasteiger partial charge in [-0.2, -0.15) is 0 Å². The van der Waals surface area contributed by atoms with E-state index in [2.05, 4.69) is 91.0 Å². The molecular weight excluding hydrogens is 639 g/mol.